The van der Waals surface area contributed by atoms with E-state index in [1.165, 1.54) is 17.7 Å². The van der Waals surface area contributed by atoms with Crippen molar-refractivity contribution in [3.05, 3.63) is 29.8 Å². The molecule has 0 radical (unpaired) electrons. The van der Waals surface area contributed by atoms with Crippen molar-refractivity contribution in [1.29, 1.82) is 0 Å². The number of para-hydroxylation sites is 1. The zero-order chi connectivity index (χ0) is 13.8. The minimum absolute atomic E-state index is 0.279. The second kappa shape index (κ2) is 6.27. The van der Waals surface area contributed by atoms with Crippen LogP contribution in [-0.2, 0) is 11.3 Å². The van der Waals surface area contributed by atoms with Crippen molar-refractivity contribution < 1.29 is 4.79 Å². The monoisotopic (exact) mass is 273 g/mol. The minimum Gasteiger partial charge on any atom is -0.361 e. The maximum atomic E-state index is 12.5. The van der Waals surface area contributed by atoms with Gasteiger partial charge in [0.2, 0.25) is 5.91 Å². The second-order valence-electron chi connectivity index (χ2n) is 5.67. The summed E-state index contributed by atoms with van der Waals surface area (Å²) in [6.45, 7) is 5.11. The minimum atomic E-state index is 0.279. The lowest BCUT2D eigenvalue weighted by molar-refractivity contribution is -0.130. The molecule has 1 N–H and O–H groups in total. The van der Waals surface area contributed by atoms with Gasteiger partial charge in [-0.25, -0.2) is 0 Å². The molecule has 0 atom stereocenters. The van der Waals surface area contributed by atoms with Crippen molar-refractivity contribution in [3.63, 3.8) is 0 Å². The summed E-state index contributed by atoms with van der Waals surface area (Å²) in [5, 5.41) is 3.42. The van der Waals surface area contributed by atoms with E-state index >= 15 is 0 Å². The number of piperidine rings is 1. The van der Waals surface area contributed by atoms with Crippen LogP contribution in [-0.4, -0.2) is 43.5 Å². The molecule has 108 valence electrons. The predicted octanol–water partition coefficient (Wildman–Crippen LogP) is 1.61. The molecule has 0 unspecified atom stereocenters. The number of nitrogens with one attached hydrogen (secondary N) is 1. The number of hydrogen-bond donors (Lipinski definition) is 1. The topological polar surface area (TPSA) is 35.6 Å². The number of fused-ring (bicyclic) bond motifs is 1. The van der Waals surface area contributed by atoms with Crippen LogP contribution >= 0.6 is 0 Å². The van der Waals surface area contributed by atoms with Crippen molar-refractivity contribution in [2.24, 2.45) is 0 Å². The average Bonchev–Trinajstić information content (AvgIpc) is 2.71. The lowest BCUT2D eigenvalue weighted by Crippen LogP contribution is -2.43. The second-order valence-corrected chi connectivity index (χ2v) is 5.67. The van der Waals surface area contributed by atoms with Gasteiger partial charge in [-0.1, -0.05) is 18.2 Å². The quantitative estimate of drug-likeness (QED) is 0.889. The van der Waals surface area contributed by atoms with E-state index in [4.69, 9.17) is 0 Å². The zero-order valence-corrected chi connectivity index (χ0v) is 12.0. The number of rotatable bonds is 2. The highest BCUT2D eigenvalue weighted by atomic mass is 16.2. The molecule has 4 nitrogen and oxygen atoms in total. The Labute approximate surface area is 120 Å². The number of carbonyl (C=O) groups excluding carboxylic acids is 1. The van der Waals surface area contributed by atoms with Gasteiger partial charge in [-0.2, -0.15) is 0 Å². The number of hydrogen-bond acceptors (Lipinski definition) is 3. The molecule has 1 aromatic rings. The highest BCUT2D eigenvalue weighted by Gasteiger charge is 2.21. The molecule has 0 aliphatic carbocycles. The van der Waals surface area contributed by atoms with Gasteiger partial charge in [0.15, 0.2) is 0 Å². The summed E-state index contributed by atoms with van der Waals surface area (Å²) in [5.41, 5.74) is 2.50. The maximum absolute atomic E-state index is 12.5. The van der Waals surface area contributed by atoms with Crippen LogP contribution in [0.25, 0.3) is 0 Å². The van der Waals surface area contributed by atoms with Gasteiger partial charge in [-0.15, -0.1) is 0 Å². The third kappa shape index (κ3) is 2.96. The number of anilines is 1. The van der Waals surface area contributed by atoms with E-state index in [0.717, 1.165) is 45.6 Å². The molecule has 3 rings (SSSR count). The van der Waals surface area contributed by atoms with Gasteiger partial charge in [-0.05, 0) is 30.9 Å². The summed E-state index contributed by atoms with van der Waals surface area (Å²) in [6.07, 6.45) is 3.58. The largest absolute Gasteiger partial charge is 0.361 e. The predicted molar refractivity (Wildman–Crippen MR) is 80.8 cm³/mol. The van der Waals surface area contributed by atoms with Gasteiger partial charge >= 0.3 is 0 Å². The van der Waals surface area contributed by atoms with Crippen LogP contribution in [0.2, 0.25) is 0 Å². The molecule has 0 bridgehead atoms. The standard InChI is InChI=1S/C16H23N3O/c20-16(18-9-4-1-5-10-18)13-19-11-8-17-12-14-6-2-3-7-15(14)19/h2-3,6-7,17H,1,4-5,8-13H2. The van der Waals surface area contributed by atoms with Crippen LogP contribution in [0.3, 0.4) is 0 Å². The first-order valence-electron chi connectivity index (χ1n) is 7.66. The van der Waals surface area contributed by atoms with E-state index in [2.05, 4.69) is 34.5 Å². The molecule has 2 heterocycles. The fraction of sp³-hybridized carbons (Fsp3) is 0.562. The van der Waals surface area contributed by atoms with Gasteiger partial charge in [0.25, 0.3) is 0 Å². The molecule has 1 amide bonds. The van der Waals surface area contributed by atoms with E-state index < -0.39 is 0 Å². The van der Waals surface area contributed by atoms with E-state index in [1.54, 1.807) is 0 Å². The van der Waals surface area contributed by atoms with Gasteiger partial charge < -0.3 is 15.1 Å². The number of benzene rings is 1. The molecule has 2 aliphatic rings. The Morgan fingerprint density at radius 1 is 1.10 bits per heavy atom. The van der Waals surface area contributed by atoms with E-state index in [-0.39, 0.29) is 5.91 Å². The number of likely N-dealkylation sites (tertiary alicyclic amines) is 1. The first-order chi connectivity index (χ1) is 9.84. The SMILES string of the molecule is O=C(CN1CCNCc2ccccc21)N1CCCCC1. The zero-order valence-electron chi connectivity index (χ0n) is 12.0. The Bertz CT molecular complexity index is 469. The Hall–Kier alpha value is -1.55. The molecule has 2 aliphatic heterocycles. The van der Waals surface area contributed by atoms with Crippen LogP contribution in [0.15, 0.2) is 24.3 Å². The third-order valence-corrected chi connectivity index (χ3v) is 4.24. The fourth-order valence-electron chi connectivity index (χ4n) is 3.10. The Kier molecular flexibility index (Phi) is 4.21. The molecule has 1 fully saturated rings. The molecule has 1 aromatic carbocycles. The molecule has 20 heavy (non-hydrogen) atoms. The molecular formula is C16H23N3O. The van der Waals surface area contributed by atoms with Crippen LogP contribution in [0.4, 0.5) is 5.69 Å². The average molecular weight is 273 g/mol. The third-order valence-electron chi connectivity index (χ3n) is 4.24. The summed E-state index contributed by atoms with van der Waals surface area (Å²) < 4.78 is 0. The maximum Gasteiger partial charge on any atom is 0.242 e. The summed E-state index contributed by atoms with van der Waals surface area (Å²) in [6, 6.07) is 8.40. The Morgan fingerprint density at radius 3 is 2.75 bits per heavy atom. The van der Waals surface area contributed by atoms with Crippen LogP contribution < -0.4 is 10.2 Å². The highest BCUT2D eigenvalue weighted by molar-refractivity contribution is 5.82. The number of carbonyl (C=O) groups is 1. The van der Waals surface area contributed by atoms with Gasteiger partial charge in [0, 0.05) is 38.4 Å². The molecular weight excluding hydrogens is 250 g/mol. The van der Waals surface area contributed by atoms with Crippen molar-refractivity contribution in [1.82, 2.24) is 10.2 Å². The van der Waals surface area contributed by atoms with E-state index in [1.807, 2.05) is 4.90 Å². The van der Waals surface area contributed by atoms with Gasteiger partial charge in [-0.3, -0.25) is 4.79 Å². The number of amides is 1. The fourth-order valence-corrected chi connectivity index (χ4v) is 3.10. The van der Waals surface area contributed by atoms with Crippen LogP contribution in [0.5, 0.6) is 0 Å². The summed E-state index contributed by atoms with van der Waals surface area (Å²) in [5.74, 6) is 0.279. The van der Waals surface area contributed by atoms with E-state index in [9.17, 15) is 4.79 Å². The summed E-state index contributed by atoms with van der Waals surface area (Å²) in [4.78, 5) is 16.7. The normalized spacial score (nSPS) is 19.4. The Morgan fingerprint density at radius 2 is 1.90 bits per heavy atom. The highest BCUT2D eigenvalue weighted by Crippen LogP contribution is 2.22. The van der Waals surface area contributed by atoms with Crippen molar-refractivity contribution in [2.45, 2.75) is 25.8 Å². The molecule has 1 saturated heterocycles. The van der Waals surface area contributed by atoms with Crippen LogP contribution in [0.1, 0.15) is 24.8 Å². The summed E-state index contributed by atoms with van der Waals surface area (Å²) >= 11 is 0. The van der Waals surface area contributed by atoms with Gasteiger partial charge in [0.05, 0.1) is 6.54 Å². The Balaban J connectivity index is 1.71. The van der Waals surface area contributed by atoms with Crippen molar-refractivity contribution in [2.75, 3.05) is 37.6 Å². The summed E-state index contributed by atoms with van der Waals surface area (Å²) in [7, 11) is 0. The van der Waals surface area contributed by atoms with E-state index in [0.29, 0.717) is 6.54 Å². The first-order valence-corrected chi connectivity index (χ1v) is 7.66. The van der Waals surface area contributed by atoms with Gasteiger partial charge in [0.1, 0.15) is 0 Å². The molecule has 0 saturated carbocycles. The molecule has 4 heteroatoms. The van der Waals surface area contributed by atoms with Crippen LogP contribution in [0, 0.1) is 0 Å². The molecule has 0 aromatic heterocycles. The molecule has 0 spiro atoms. The smallest absolute Gasteiger partial charge is 0.242 e. The lowest BCUT2D eigenvalue weighted by atomic mass is 10.1. The lowest BCUT2D eigenvalue weighted by Gasteiger charge is -2.31. The van der Waals surface area contributed by atoms with Crippen molar-refractivity contribution in [3.8, 4) is 0 Å². The van der Waals surface area contributed by atoms with Crippen molar-refractivity contribution >= 4 is 11.6 Å². The number of nitrogens with zero attached hydrogens (tertiary/aromatic N) is 2. The first kappa shape index (κ1) is 13.4.